The lowest BCUT2D eigenvalue weighted by Gasteiger charge is -2.21. The largest absolute Gasteiger partial charge is 0.480 e. The summed E-state index contributed by atoms with van der Waals surface area (Å²) >= 11 is 1.22. The summed E-state index contributed by atoms with van der Waals surface area (Å²) in [7, 11) is 0. The topological polar surface area (TPSA) is 70.5 Å². The molecule has 88 valence electrons. The number of carboxylic acid groups (broad SMARTS) is 1. The van der Waals surface area contributed by atoms with Crippen molar-refractivity contribution in [1.82, 2.24) is 9.88 Å². The van der Waals surface area contributed by atoms with Crippen LogP contribution in [0.4, 0.5) is 0 Å². The molecule has 0 radical (unpaired) electrons. The number of aromatic nitrogens is 1. The van der Waals surface area contributed by atoms with Gasteiger partial charge in [-0.3, -0.25) is 14.6 Å². The molecule has 16 heavy (non-hydrogen) atoms. The fraction of sp³-hybridized carbons (Fsp3) is 0.500. The fourth-order valence-corrected chi connectivity index (χ4v) is 1.89. The van der Waals surface area contributed by atoms with Gasteiger partial charge in [0.25, 0.3) is 5.91 Å². The highest BCUT2D eigenvalue weighted by atomic mass is 32.1. The molecule has 0 saturated heterocycles. The van der Waals surface area contributed by atoms with E-state index in [9.17, 15) is 9.59 Å². The van der Waals surface area contributed by atoms with Crippen molar-refractivity contribution >= 4 is 23.2 Å². The molecule has 0 saturated carbocycles. The van der Waals surface area contributed by atoms with Crippen LogP contribution in [0, 0.1) is 5.92 Å². The van der Waals surface area contributed by atoms with Crippen LogP contribution in [0.25, 0.3) is 0 Å². The number of thiazole rings is 1. The lowest BCUT2D eigenvalue weighted by Crippen LogP contribution is -2.37. The molecule has 1 rings (SSSR count). The van der Waals surface area contributed by atoms with Crippen molar-refractivity contribution in [2.24, 2.45) is 5.92 Å². The molecular formula is C10H14N2O3S. The summed E-state index contributed by atoms with van der Waals surface area (Å²) in [5, 5.41) is 8.74. The quantitative estimate of drug-likeness (QED) is 0.845. The Morgan fingerprint density at radius 2 is 2.25 bits per heavy atom. The molecule has 1 aromatic heterocycles. The standard InChI is InChI=1S/C10H14N2O3S/c1-7(2)4-12(5-9(13)14)10(15)8-3-11-6-16-8/h3,6-7H,4-5H2,1-2H3,(H,13,14). The number of carbonyl (C=O) groups is 2. The zero-order chi connectivity index (χ0) is 12.1. The maximum atomic E-state index is 11.9. The third kappa shape index (κ3) is 3.62. The Hall–Kier alpha value is -1.43. The number of amides is 1. The molecule has 1 heterocycles. The van der Waals surface area contributed by atoms with Crippen LogP contribution in [0.15, 0.2) is 11.7 Å². The first-order valence-corrected chi connectivity index (χ1v) is 5.78. The minimum absolute atomic E-state index is 0.233. The van der Waals surface area contributed by atoms with Crippen molar-refractivity contribution in [3.63, 3.8) is 0 Å². The monoisotopic (exact) mass is 242 g/mol. The second-order valence-corrected chi connectivity index (χ2v) is 4.73. The van der Waals surface area contributed by atoms with Crippen LogP contribution in [-0.2, 0) is 4.79 Å². The van der Waals surface area contributed by atoms with E-state index in [4.69, 9.17) is 5.11 Å². The summed E-state index contributed by atoms with van der Waals surface area (Å²) in [5.41, 5.74) is 1.56. The van der Waals surface area contributed by atoms with Gasteiger partial charge in [0.2, 0.25) is 0 Å². The van der Waals surface area contributed by atoms with Gasteiger partial charge in [0.15, 0.2) is 0 Å². The minimum Gasteiger partial charge on any atom is -0.480 e. The molecule has 1 amide bonds. The Labute approximate surface area is 97.7 Å². The summed E-state index contributed by atoms with van der Waals surface area (Å²) in [6.45, 7) is 4.04. The second kappa shape index (κ2) is 5.60. The van der Waals surface area contributed by atoms with Gasteiger partial charge in [-0.05, 0) is 5.92 Å². The van der Waals surface area contributed by atoms with Crippen molar-refractivity contribution in [3.05, 3.63) is 16.6 Å². The molecule has 0 unspecified atom stereocenters. The first kappa shape index (κ1) is 12.6. The molecule has 0 fully saturated rings. The summed E-state index contributed by atoms with van der Waals surface area (Å²) < 4.78 is 0. The van der Waals surface area contributed by atoms with Crippen LogP contribution in [0.1, 0.15) is 23.5 Å². The van der Waals surface area contributed by atoms with Gasteiger partial charge in [-0.25, -0.2) is 0 Å². The number of carbonyl (C=O) groups excluding carboxylic acids is 1. The van der Waals surface area contributed by atoms with Crippen LogP contribution in [0.5, 0.6) is 0 Å². The van der Waals surface area contributed by atoms with Crippen LogP contribution >= 0.6 is 11.3 Å². The number of aliphatic carboxylic acids is 1. The van der Waals surface area contributed by atoms with E-state index in [1.165, 1.54) is 22.4 Å². The highest BCUT2D eigenvalue weighted by Gasteiger charge is 2.20. The van der Waals surface area contributed by atoms with E-state index in [0.717, 1.165) is 0 Å². The Morgan fingerprint density at radius 1 is 1.56 bits per heavy atom. The molecule has 0 atom stereocenters. The van der Waals surface area contributed by atoms with Gasteiger partial charge in [-0.2, -0.15) is 0 Å². The van der Waals surface area contributed by atoms with Crippen molar-refractivity contribution in [1.29, 1.82) is 0 Å². The van der Waals surface area contributed by atoms with Crippen LogP contribution in [0.3, 0.4) is 0 Å². The van der Waals surface area contributed by atoms with Gasteiger partial charge in [-0.1, -0.05) is 13.8 Å². The second-order valence-electron chi connectivity index (χ2n) is 3.84. The molecule has 1 N–H and O–H groups in total. The third-order valence-electron chi connectivity index (χ3n) is 1.84. The normalized spacial score (nSPS) is 10.4. The maximum Gasteiger partial charge on any atom is 0.323 e. The lowest BCUT2D eigenvalue weighted by atomic mass is 10.2. The Bertz CT molecular complexity index is 362. The van der Waals surface area contributed by atoms with E-state index in [2.05, 4.69) is 4.98 Å². The highest BCUT2D eigenvalue weighted by molar-refractivity contribution is 7.11. The van der Waals surface area contributed by atoms with Crippen molar-refractivity contribution < 1.29 is 14.7 Å². The van der Waals surface area contributed by atoms with Crippen LogP contribution < -0.4 is 0 Å². The van der Waals surface area contributed by atoms with Gasteiger partial charge < -0.3 is 10.0 Å². The summed E-state index contributed by atoms with van der Waals surface area (Å²) in [6.07, 6.45) is 1.46. The van der Waals surface area contributed by atoms with Gasteiger partial charge >= 0.3 is 5.97 Å². The number of nitrogens with zero attached hydrogens (tertiary/aromatic N) is 2. The minimum atomic E-state index is -1.00. The smallest absolute Gasteiger partial charge is 0.323 e. The molecule has 0 bridgehead atoms. The lowest BCUT2D eigenvalue weighted by molar-refractivity contribution is -0.137. The van der Waals surface area contributed by atoms with E-state index >= 15 is 0 Å². The molecule has 0 aromatic carbocycles. The van der Waals surface area contributed by atoms with E-state index in [1.54, 1.807) is 5.51 Å². The van der Waals surface area contributed by atoms with Crippen molar-refractivity contribution in [2.45, 2.75) is 13.8 Å². The SMILES string of the molecule is CC(C)CN(CC(=O)O)C(=O)c1cncs1. The summed E-state index contributed by atoms with van der Waals surface area (Å²) in [4.78, 5) is 28.2. The number of hydrogen-bond acceptors (Lipinski definition) is 4. The molecule has 0 spiro atoms. The van der Waals surface area contributed by atoms with Crippen LogP contribution in [0.2, 0.25) is 0 Å². The predicted octanol–water partition coefficient (Wildman–Crippen LogP) is 1.33. The summed E-state index contributed by atoms with van der Waals surface area (Å²) in [5.74, 6) is -1.03. The maximum absolute atomic E-state index is 11.9. The molecule has 6 heteroatoms. The fourth-order valence-electron chi connectivity index (χ4n) is 1.30. The van der Waals surface area contributed by atoms with Crippen molar-refractivity contribution in [3.8, 4) is 0 Å². The van der Waals surface area contributed by atoms with Crippen LogP contribution in [-0.4, -0.2) is 40.0 Å². The Kier molecular flexibility index (Phi) is 4.42. The van der Waals surface area contributed by atoms with E-state index < -0.39 is 5.97 Å². The Balaban J connectivity index is 2.75. The van der Waals surface area contributed by atoms with E-state index in [1.807, 2.05) is 13.8 Å². The van der Waals surface area contributed by atoms with E-state index in [0.29, 0.717) is 11.4 Å². The van der Waals surface area contributed by atoms with Gasteiger partial charge in [0.1, 0.15) is 11.4 Å². The van der Waals surface area contributed by atoms with Gasteiger partial charge in [0.05, 0.1) is 11.7 Å². The molecule has 0 aliphatic rings. The van der Waals surface area contributed by atoms with Gasteiger partial charge in [-0.15, -0.1) is 11.3 Å². The number of rotatable bonds is 5. The molecule has 0 aliphatic carbocycles. The Morgan fingerprint density at radius 3 is 2.69 bits per heavy atom. The van der Waals surface area contributed by atoms with E-state index in [-0.39, 0.29) is 18.4 Å². The predicted molar refractivity (Wildman–Crippen MR) is 60.5 cm³/mol. The highest BCUT2D eigenvalue weighted by Crippen LogP contribution is 2.11. The number of hydrogen-bond donors (Lipinski definition) is 1. The first-order chi connectivity index (χ1) is 7.50. The molecule has 1 aromatic rings. The summed E-state index contributed by atoms with van der Waals surface area (Å²) in [6, 6.07) is 0. The van der Waals surface area contributed by atoms with Gasteiger partial charge in [0, 0.05) is 6.54 Å². The average Bonchev–Trinajstić information content (AvgIpc) is 2.66. The zero-order valence-electron chi connectivity index (χ0n) is 9.21. The third-order valence-corrected chi connectivity index (χ3v) is 2.60. The molecular weight excluding hydrogens is 228 g/mol. The zero-order valence-corrected chi connectivity index (χ0v) is 10.0. The first-order valence-electron chi connectivity index (χ1n) is 4.90. The van der Waals surface area contributed by atoms with Crippen molar-refractivity contribution in [2.75, 3.05) is 13.1 Å². The average molecular weight is 242 g/mol. The number of carboxylic acids is 1. The molecule has 0 aliphatic heterocycles. The molecule has 5 nitrogen and oxygen atoms in total.